The summed E-state index contributed by atoms with van der Waals surface area (Å²) in [6, 6.07) is 11.1. The molecule has 1 N–H and O–H groups in total. The van der Waals surface area contributed by atoms with Gasteiger partial charge in [0.25, 0.3) is 0 Å². The molecule has 0 saturated carbocycles. The summed E-state index contributed by atoms with van der Waals surface area (Å²) in [6.07, 6.45) is 0. The summed E-state index contributed by atoms with van der Waals surface area (Å²) in [6.45, 7) is 0.593. The van der Waals surface area contributed by atoms with Crippen molar-refractivity contribution in [3.8, 4) is 0 Å². The number of amidine groups is 1. The van der Waals surface area contributed by atoms with E-state index in [-0.39, 0.29) is 0 Å². The first kappa shape index (κ1) is 12.8. The predicted molar refractivity (Wildman–Crippen MR) is 80.9 cm³/mol. The molecule has 0 amide bonds. The maximum Gasteiger partial charge on any atom is 0.133 e. The summed E-state index contributed by atoms with van der Waals surface area (Å²) >= 11 is 18.3. The van der Waals surface area contributed by atoms with Crippen molar-refractivity contribution >= 4 is 46.3 Å². The summed E-state index contributed by atoms with van der Waals surface area (Å²) in [5, 5.41) is 9.64. The van der Waals surface area contributed by atoms with Crippen molar-refractivity contribution in [1.29, 1.82) is 5.41 Å². The van der Waals surface area contributed by atoms with Crippen LogP contribution in [0.2, 0.25) is 15.1 Å². The highest BCUT2D eigenvalue weighted by Gasteiger charge is 2.28. The third-order valence-electron chi connectivity index (χ3n) is 3.12. The molecular weight excluding hydrogens is 303 g/mol. The van der Waals surface area contributed by atoms with E-state index in [0.717, 1.165) is 11.1 Å². The molecule has 3 rings (SSSR count). The van der Waals surface area contributed by atoms with Crippen LogP contribution in [-0.4, -0.2) is 5.84 Å². The number of benzene rings is 2. The number of nitrogens with zero attached hydrogens (tertiary/aromatic N) is 1. The fraction of sp³-hybridized carbons (Fsp3) is 0.0714. The van der Waals surface area contributed by atoms with E-state index in [4.69, 9.17) is 40.2 Å². The number of halogens is 3. The normalized spacial score (nSPS) is 13.8. The van der Waals surface area contributed by atoms with E-state index in [1.165, 1.54) is 0 Å². The summed E-state index contributed by atoms with van der Waals surface area (Å²) in [7, 11) is 0. The lowest BCUT2D eigenvalue weighted by Crippen LogP contribution is -2.23. The van der Waals surface area contributed by atoms with Gasteiger partial charge in [0.05, 0.1) is 22.3 Å². The third kappa shape index (κ3) is 2.10. The SMILES string of the molecule is N=C1c2ccccc2CN1c1c(Cl)cc(Cl)cc1Cl. The van der Waals surface area contributed by atoms with Crippen molar-refractivity contribution in [1.82, 2.24) is 0 Å². The molecule has 0 unspecified atom stereocenters. The Morgan fingerprint density at radius 1 is 1.00 bits per heavy atom. The van der Waals surface area contributed by atoms with E-state index in [0.29, 0.717) is 33.1 Å². The second-order valence-corrected chi connectivity index (χ2v) is 5.56. The number of fused-ring (bicyclic) bond motifs is 1. The minimum atomic E-state index is 0.404. The average molecular weight is 312 g/mol. The Bertz CT molecular complexity index is 659. The number of hydrogen-bond acceptors (Lipinski definition) is 1. The fourth-order valence-corrected chi connectivity index (χ4v) is 3.29. The van der Waals surface area contributed by atoms with Crippen molar-refractivity contribution < 1.29 is 0 Å². The zero-order chi connectivity index (χ0) is 13.6. The zero-order valence-corrected chi connectivity index (χ0v) is 12.0. The number of anilines is 1. The maximum absolute atomic E-state index is 8.25. The predicted octanol–water partition coefficient (Wildman–Crippen LogP) is 4.99. The van der Waals surface area contributed by atoms with Crippen LogP contribution in [0.25, 0.3) is 0 Å². The van der Waals surface area contributed by atoms with Crippen LogP contribution >= 0.6 is 34.8 Å². The van der Waals surface area contributed by atoms with E-state index < -0.39 is 0 Å². The molecule has 2 aromatic rings. The molecule has 5 heteroatoms. The minimum absolute atomic E-state index is 0.404. The molecule has 0 bridgehead atoms. The van der Waals surface area contributed by atoms with Crippen LogP contribution in [0.1, 0.15) is 11.1 Å². The van der Waals surface area contributed by atoms with Gasteiger partial charge in [0.1, 0.15) is 5.84 Å². The van der Waals surface area contributed by atoms with Crippen LogP contribution in [-0.2, 0) is 6.54 Å². The second kappa shape index (κ2) is 4.71. The Balaban J connectivity index is 2.10. The van der Waals surface area contributed by atoms with Crippen LogP contribution in [0.5, 0.6) is 0 Å². The summed E-state index contributed by atoms with van der Waals surface area (Å²) in [5.74, 6) is 0.404. The summed E-state index contributed by atoms with van der Waals surface area (Å²) in [5.41, 5.74) is 2.63. The first-order chi connectivity index (χ1) is 9.08. The van der Waals surface area contributed by atoms with Crippen molar-refractivity contribution in [2.24, 2.45) is 0 Å². The molecule has 1 heterocycles. The number of hydrogen-bond donors (Lipinski definition) is 1. The number of rotatable bonds is 1. The molecule has 0 aliphatic carbocycles. The minimum Gasteiger partial charge on any atom is -0.319 e. The van der Waals surface area contributed by atoms with Gasteiger partial charge in [-0.25, -0.2) is 0 Å². The van der Waals surface area contributed by atoms with Gasteiger partial charge >= 0.3 is 0 Å². The fourth-order valence-electron chi connectivity index (χ4n) is 2.27. The lowest BCUT2D eigenvalue weighted by atomic mass is 10.1. The summed E-state index contributed by atoms with van der Waals surface area (Å²) < 4.78 is 0. The van der Waals surface area contributed by atoms with Gasteiger partial charge < -0.3 is 4.90 Å². The highest BCUT2D eigenvalue weighted by atomic mass is 35.5. The smallest absolute Gasteiger partial charge is 0.133 e. The Kier molecular flexibility index (Phi) is 3.17. The number of nitrogens with one attached hydrogen (secondary N) is 1. The average Bonchev–Trinajstić information content (AvgIpc) is 2.66. The monoisotopic (exact) mass is 310 g/mol. The molecule has 2 aromatic carbocycles. The van der Waals surface area contributed by atoms with Crippen LogP contribution < -0.4 is 4.90 Å². The molecular formula is C14H9Cl3N2. The molecule has 0 fully saturated rings. The van der Waals surface area contributed by atoms with E-state index in [1.54, 1.807) is 17.0 Å². The van der Waals surface area contributed by atoms with E-state index in [2.05, 4.69) is 0 Å². The molecule has 0 radical (unpaired) electrons. The molecule has 19 heavy (non-hydrogen) atoms. The van der Waals surface area contributed by atoms with Gasteiger partial charge in [-0.2, -0.15) is 0 Å². The Hall–Kier alpha value is -1.22. The molecule has 0 aromatic heterocycles. The van der Waals surface area contributed by atoms with Gasteiger partial charge in [0.2, 0.25) is 0 Å². The third-order valence-corrected chi connectivity index (χ3v) is 3.92. The largest absolute Gasteiger partial charge is 0.319 e. The second-order valence-electron chi connectivity index (χ2n) is 4.31. The van der Waals surface area contributed by atoms with Gasteiger partial charge in [0.15, 0.2) is 0 Å². The van der Waals surface area contributed by atoms with Crippen LogP contribution in [0.4, 0.5) is 5.69 Å². The first-order valence-corrected chi connectivity index (χ1v) is 6.80. The first-order valence-electron chi connectivity index (χ1n) is 5.67. The van der Waals surface area contributed by atoms with Gasteiger partial charge in [-0.1, -0.05) is 59.1 Å². The lowest BCUT2D eigenvalue weighted by molar-refractivity contribution is 1.05. The molecule has 1 aliphatic heterocycles. The Morgan fingerprint density at radius 3 is 2.26 bits per heavy atom. The molecule has 0 atom stereocenters. The van der Waals surface area contributed by atoms with Crippen molar-refractivity contribution in [2.45, 2.75) is 6.54 Å². The van der Waals surface area contributed by atoms with Crippen molar-refractivity contribution in [3.63, 3.8) is 0 Å². The summed E-state index contributed by atoms with van der Waals surface area (Å²) in [4.78, 5) is 1.80. The standard InChI is InChI=1S/C14H9Cl3N2/c15-9-5-11(16)13(12(17)6-9)19-7-8-3-1-2-4-10(8)14(19)18/h1-6,18H,7H2. The van der Waals surface area contributed by atoms with Crippen LogP contribution in [0.15, 0.2) is 36.4 Å². The zero-order valence-electron chi connectivity index (χ0n) is 9.75. The highest BCUT2D eigenvalue weighted by Crippen LogP contribution is 2.40. The van der Waals surface area contributed by atoms with Crippen LogP contribution in [0, 0.1) is 5.41 Å². The van der Waals surface area contributed by atoms with Gasteiger partial charge in [-0.05, 0) is 17.7 Å². The quantitative estimate of drug-likeness (QED) is 0.789. The van der Waals surface area contributed by atoms with E-state index in [9.17, 15) is 0 Å². The topological polar surface area (TPSA) is 27.1 Å². The maximum atomic E-state index is 8.25. The molecule has 0 saturated heterocycles. The van der Waals surface area contributed by atoms with Gasteiger partial charge in [-0.15, -0.1) is 0 Å². The molecule has 96 valence electrons. The lowest BCUT2D eigenvalue weighted by Gasteiger charge is -2.21. The van der Waals surface area contributed by atoms with Crippen molar-refractivity contribution in [2.75, 3.05) is 4.90 Å². The van der Waals surface area contributed by atoms with E-state index in [1.807, 2.05) is 24.3 Å². The highest BCUT2D eigenvalue weighted by molar-refractivity contribution is 6.42. The molecule has 2 nitrogen and oxygen atoms in total. The van der Waals surface area contributed by atoms with Gasteiger partial charge in [-0.3, -0.25) is 5.41 Å². The van der Waals surface area contributed by atoms with Crippen LogP contribution in [0.3, 0.4) is 0 Å². The van der Waals surface area contributed by atoms with E-state index >= 15 is 0 Å². The van der Waals surface area contributed by atoms with Gasteiger partial charge in [0, 0.05) is 10.6 Å². The Morgan fingerprint density at radius 2 is 1.63 bits per heavy atom. The van der Waals surface area contributed by atoms with Crippen molar-refractivity contribution in [3.05, 3.63) is 62.6 Å². The Labute approximate surface area is 126 Å². The molecule has 0 spiro atoms. The molecule has 1 aliphatic rings.